The quantitative estimate of drug-likeness (QED) is 0.801. The molecule has 2 unspecified atom stereocenters. The van der Waals surface area contributed by atoms with Crippen LogP contribution in [-0.4, -0.2) is 27.4 Å². The van der Waals surface area contributed by atoms with E-state index in [2.05, 4.69) is 0 Å². The number of benzene rings is 1. The zero-order valence-corrected chi connectivity index (χ0v) is 10.0. The maximum atomic E-state index is 11.9. The number of rotatable bonds is 5. The number of carbonyl (C=O) groups is 2. The Hall–Kier alpha value is -1.29. The second-order valence-corrected chi connectivity index (χ2v) is 5.18. The van der Waals surface area contributed by atoms with Crippen LogP contribution >= 0.6 is 11.8 Å². The number of carbonyl (C=O) groups excluding carboxylic acids is 1. The Morgan fingerprint density at radius 2 is 1.69 bits per heavy atom. The SMILES string of the molecule is CC(SC(C)C(=O)c1ccccc1)C(=O)O. The summed E-state index contributed by atoms with van der Waals surface area (Å²) in [4.78, 5) is 22.6. The van der Waals surface area contributed by atoms with E-state index in [1.807, 2.05) is 6.07 Å². The first-order valence-electron chi connectivity index (χ1n) is 5.00. The molecule has 0 aliphatic heterocycles. The maximum Gasteiger partial charge on any atom is 0.316 e. The van der Waals surface area contributed by atoms with Gasteiger partial charge in [0.05, 0.1) is 5.25 Å². The lowest BCUT2D eigenvalue weighted by Crippen LogP contribution is -2.21. The third kappa shape index (κ3) is 3.38. The van der Waals surface area contributed by atoms with Crippen molar-refractivity contribution in [3.05, 3.63) is 35.9 Å². The summed E-state index contributed by atoms with van der Waals surface area (Å²) in [5.74, 6) is -0.920. The monoisotopic (exact) mass is 238 g/mol. The van der Waals surface area contributed by atoms with Gasteiger partial charge in [-0.3, -0.25) is 9.59 Å². The Bertz CT molecular complexity index is 375. The zero-order valence-electron chi connectivity index (χ0n) is 9.21. The molecule has 0 aliphatic rings. The average molecular weight is 238 g/mol. The van der Waals surface area contributed by atoms with Gasteiger partial charge >= 0.3 is 5.97 Å². The summed E-state index contributed by atoms with van der Waals surface area (Å²) >= 11 is 1.16. The molecule has 1 N–H and O–H groups in total. The number of thioether (sulfide) groups is 1. The minimum atomic E-state index is -0.891. The molecule has 1 rings (SSSR count). The number of hydrogen-bond donors (Lipinski definition) is 1. The van der Waals surface area contributed by atoms with Crippen molar-refractivity contribution in [2.24, 2.45) is 0 Å². The van der Waals surface area contributed by atoms with E-state index in [9.17, 15) is 9.59 Å². The Morgan fingerprint density at radius 1 is 1.12 bits per heavy atom. The Morgan fingerprint density at radius 3 is 2.19 bits per heavy atom. The molecule has 0 heterocycles. The average Bonchev–Trinajstić information content (AvgIpc) is 2.28. The Kier molecular flexibility index (Phi) is 4.55. The number of aliphatic carboxylic acids is 1. The van der Waals surface area contributed by atoms with E-state index in [1.165, 1.54) is 0 Å². The number of hydrogen-bond acceptors (Lipinski definition) is 3. The standard InChI is InChI=1S/C12H14O3S/c1-8(16-9(2)12(14)15)11(13)10-6-4-3-5-7-10/h3-9H,1-2H3,(H,14,15). The van der Waals surface area contributed by atoms with Crippen LogP contribution in [0, 0.1) is 0 Å². The number of carboxylic acid groups (broad SMARTS) is 1. The van der Waals surface area contributed by atoms with Crippen LogP contribution in [0.4, 0.5) is 0 Å². The first-order chi connectivity index (χ1) is 7.52. The van der Waals surface area contributed by atoms with Crippen LogP contribution in [0.5, 0.6) is 0 Å². The van der Waals surface area contributed by atoms with Crippen LogP contribution < -0.4 is 0 Å². The van der Waals surface area contributed by atoms with Crippen molar-refractivity contribution in [3.63, 3.8) is 0 Å². The molecule has 0 aromatic heterocycles. The highest BCUT2D eigenvalue weighted by atomic mass is 32.2. The number of carboxylic acids is 1. The molecule has 0 saturated carbocycles. The predicted molar refractivity (Wildman–Crippen MR) is 64.9 cm³/mol. The topological polar surface area (TPSA) is 54.4 Å². The molecule has 4 heteroatoms. The van der Waals surface area contributed by atoms with E-state index in [-0.39, 0.29) is 11.0 Å². The summed E-state index contributed by atoms with van der Waals surface area (Å²) in [6.45, 7) is 3.32. The van der Waals surface area contributed by atoms with Gasteiger partial charge in [-0.2, -0.15) is 0 Å². The van der Waals surface area contributed by atoms with Gasteiger partial charge in [-0.15, -0.1) is 11.8 Å². The Balaban J connectivity index is 2.65. The molecule has 1 aromatic rings. The van der Waals surface area contributed by atoms with E-state index in [0.29, 0.717) is 5.56 Å². The number of Topliss-reactive ketones (excluding diaryl/α,β-unsaturated/α-hetero) is 1. The first kappa shape index (κ1) is 12.8. The first-order valence-corrected chi connectivity index (χ1v) is 5.94. The van der Waals surface area contributed by atoms with Crippen molar-refractivity contribution in [1.82, 2.24) is 0 Å². The summed E-state index contributed by atoms with van der Waals surface area (Å²) in [7, 11) is 0. The largest absolute Gasteiger partial charge is 0.480 e. The van der Waals surface area contributed by atoms with Gasteiger partial charge in [0.1, 0.15) is 5.25 Å². The van der Waals surface area contributed by atoms with Crippen molar-refractivity contribution >= 4 is 23.5 Å². The molecule has 0 amide bonds. The van der Waals surface area contributed by atoms with Gasteiger partial charge in [-0.1, -0.05) is 30.3 Å². The van der Waals surface area contributed by atoms with Crippen LogP contribution in [0.15, 0.2) is 30.3 Å². The van der Waals surface area contributed by atoms with Gasteiger partial charge in [0.15, 0.2) is 5.78 Å². The van der Waals surface area contributed by atoms with E-state index >= 15 is 0 Å². The van der Waals surface area contributed by atoms with Crippen LogP contribution in [0.2, 0.25) is 0 Å². The maximum absolute atomic E-state index is 11.9. The molecule has 0 aliphatic carbocycles. The molecule has 2 atom stereocenters. The molecule has 1 aromatic carbocycles. The fourth-order valence-electron chi connectivity index (χ4n) is 1.26. The predicted octanol–water partition coefficient (Wildman–Crippen LogP) is 2.46. The normalized spacial score (nSPS) is 14.1. The highest BCUT2D eigenvalue weighted by Crippen LogP contribution is 2.21. The fourth-order valence-corrected chi connectivity index (χ4v) is 2.25. The molecule has 0 fully saturated rings. The fraction of sp³-hybridized carbons (Fsp3) is 0.333. The Labute approximate surface area is 98.9 Å². The summed E-state index contributed by atoms with van der Waals surface area (Å²) in [6.07, 6.45) is 0. The zero-order chi connectivity index (χ0) is 12.1. The highest BCUT2D eigenvalue weighted by Gasteiger charge is 2.21. The highest BCUT2D eigenvalue weighted by molar-refractivity contribution is 8.01. The van der Waals surface area contributed by atoms with Gasteiger partial charge in [0, 0.05) is 5.56 Å². The van der Waals surface area contributed by atoms with Gasteiger partial charge in [0.2, 0.25) is 0 Å². The molecular formula is C12H14O3S. The van der Waals surface area contributed by atoms with Gasteiger partial charge < -0.3 is 5.11 Å². The van der Waals surface area contributed by atoms with E-state index in [0.717, 1.165) is 11.8 Å². The third-order valence-electron chi connectivity index (χ3n) is 2.18. The van der Waals surface area contributed by atoms with Crippen LogP contribution in [0.1, 0.15) is 24.2 Å². The molecule has 0 spiro atoms. The molecule has 0 bridgehead atoms. The second-order valence-electron chi connectivity index (χ2n) is 3.49. The molecular weight excluding hydrogens is 224 g/mol. The third-order valence-corrected chi connectivity index (χ3v) is 3.42. The van der Waals surface area contributed by atoms with Crippen molar-refractivity contribution in [2.45, 2.75) is 24.3 Å². The smallest absolute Gasteiger partial charge is 0.316 e. The molecule has 3 nitrogen and oxygen atoms in total. The lowest BCUT2D eigenvalue weighted by molar-refractivity contribution is -0.136. The summed E-state index contributed by atoms with van der Waals surface area (Å²) in [5.41, 5.74) is 0.625. The lowest BCUT2D eigenvalue weighted by Gasteiger charge is -2.12. The van der Waals surface area contributed by atoms with Crippen molar-refractivity contribution in [3.8, 4) is 0 Å². The van der Waals surface area contributed by atoms with E-state index in [4.69, 9.17) is 5.11 Å². The van der Waals surface area contributed by atoms with Crippen molar-refractivity contribution in [1.29, 1.82) is 0 Å². The van der Waals surface area contributed by atoms with Crippen LogP contribution in [0.25, 0.3) is 0 Å². The molecule has 0 saturated heterocycles. The number of ketones is 1. The van der Waals surface area contributed by atoms with Gasteiger partial charge in [0.25, 0.3) is 0 Å². The van der Waals surface area contributed by atoms with Crippen molar-refractivity contribution < 1.29 is 14.7 Å². The summed E-state index contributed by atoms with van der Waals surface area (Å²) in [6, 6.07) is 8.92. The van der Waals surface area contributed by atoms with E-state index < -0.39 is 11.2 Å². The van der Waals surface area contributed by atoms with Crippen molar-refractivity contribution in [2.75, 3.05) is 0 Å². The van der Waals surface area contributed by atoms with Gasteiger partial charge in [-0.05, 0) is 13.8 Å². The van der Waals surface area contributed by atoms with E-state index in [1.54, 1.807) is 38.1 Å². The second kappa shape index (κ2) is 5.70. The minimum Gasteiger partial charge on any atom is -0.480 e. The lowest BCUT2D eigenvalue weighted by atomic mass is 10.1. The summed E-state index contributed by atoms with van der Waals surface area (Å²) in [5, 5.41) is 7.84. The van der Waals surface area contributed by atoms with Gasteiger partial charge in [-0.25, -0.2) is 0 Å². The molecule has 16 heavy (non-hydrogen) atoms. The van der Waals surface area contributed by atoms with Crippen LogP contribution in [0.3, 0.4) is 0 Å². The van der Waals surface area contributed by atoms with Crippen LogP contribution in [-0.2, 0) is 4.79 Å². The molecule has 0 radical (unpaired) electrons. The minimum absolute atomic E-state index is 0.0290. The summed E-state index contributed by atoms with van der Waals surface area (Å²) < 4.78 is 0. The molecule has 86 valence electrons.